The second-order valence-electron chi connectivity index (χ2n) is 9.53. The van der Waals surface area contributed by atoms with E-state index in [0.717, 1.165) is 38.5 Å². The highest BCUT2D eigenvalue weighted by molar-refractivity contribution is 5.98. The third-order valence-corrected chi connectivity index (χ3v) is 7.87. The Kier molecular flexibility index (Phi) is 4.56. The van der Waals surface area contributed by atoms with E-state index in [1.54, 1.807) is 6.07 Å². The lowest BCUT2D eigenvalue weighted by molar-refractivity contribution is -0.383. The normalized spacial score (nSPS) is 34.3. The SMILES string of the molecule is O=C(Nc1ccc([N+](=O)[O-])c(NC(=O)C2CC3CCC2C3)c1)C1CC2CCC1C2. The molecule has 6 unspecified atom stereocenters. The molecule has 0 aliphatic heterocycles. The van der Waals surface area contributed by atoms with E-state index >= 15 is 0 Å². The maximum atomic E-state index is 12.8. The Hall–Kier alpha value is -2.44. The van der Waals surface area contributed by atoms with Gasteiger partial charge in [0.05, 0.1) is 4.92 Å². The first-order chi connectivity index (χ1) is 14.0. The van der Waals surface area contributed by atoms with Crippen LogP contribution in [-0.2, 0) is 9.59 Å². The van der Waals surface area contributed by atoms with Crippen molar-refractivity contribution in [1.82, 2.24) is 0 Å². The fourth-order valence-electron chi connectivity index (χ4n) is 6.47. The number of benzene rings is 1. The Morgan fingerprint density at radius 2 is 1.45 bits per heavy atom. The maximum absolute atomic E-state index is 12.8. The number of hydrogen-bond donors (Lipinski definition) is 2. The summed E-state index contributed by atoms with van der Waals surface area (Å²) in [5.74, 6) is 2.02. The summed E-state index contributed by atoms with van der Waals surface area (Å²) < 4.78 is 0. The number of nitro benzene ring substituents is 1. The van der Waals surface area contributed by atoms with E-state index in [4.69, 9.17) is 0 Å². The van der Waals surface area contributed by atoms with Crippen LogP contribution in [0.1, 0.15) is 51.4 Å². The third kappa shape index (κ3) is 3.40. The van der Waals surface area contributed by atoms with E-state index in [0.29, 0.717) is 29.4 Å². The van der Waals surface area contributed by atoms with Gasteiger partial charge in [0.15, 0.2) is 0 Å². The average Bonchev–Trinajstić information content (AvgIpc) is 3.48. The lowest BCUT2D eigenvalue weighted by atomic mass is 9.88. The molecule has 4 aliphatic carbocycles. The van der Waals surface area contributed by atoms with Crippen molar-refractivity contribution in [3.63, 3.8) is 0 Å². The van der Waals surface area contributed by atoms with Crippen molar-refractivity contribution in [3.8, 4) is 0 Å². The van der Waals surface area contributed by atoms with Crippen molar-refractivity contribution in [1.29, 1.82) is 0 Å². The zero-order valence-corrected chi connectivity index (χ0v) is 16.4. The van der Waals surface area contributed by atoms with Gasteiger partial charge in [-0.05, 0) is 74.3 Å². The van der Waals surface area contributed by atoms with Crippen LogP contribution < -0.4 is 10.6 Å². The summed E-state index contributed by atoms with van der Waals surface area (Å²) in [7, 11) is 0. The molecule has 0 aromatic heterocycles. The molecule has 1 aromatic rings. The molecule has 6 atom stereocenters. The van der Waals surface area contributed by atoms with Crippen molar-refractivity contribution >= 4 is 28.9 Å². The minimum atomic E-state index is -0.488. The van der Waals surface area contributed by atoms with E-state index < -0.39 is 4.92 Å². The highest BCUT2D eigenvalue weighted by Gasteiger charge is 2.44. The van der Waals surface area contributed by atoms with Gasteiger partial charge >= 0.3 is 0 Å². The lowest BCUT2D eigenvalue weighted by Gasteiger charge is -2.22. The summed E-state index contributed by atoms with van der Waals surface area (Å²) in [6.07, 6.45) is 8.67. The monoisotopic (exact) mass is 397 g/mol. The number of nitrogens with one attached hydrogen (secondary N) is 2. The molecule has 4 bridgehead atoms. The number of nitro groups is 1. The van der Waals surface area contributed by atoms with Gasteiger partial charge < -0.3 is 10.6 Å². The fraction of sp³-hybridized carbons (Fsp3) is 0.636. The van der Waals surface area contributed by atoms with E-state index in [9.17, 15) is 19.7 Å². The highest BCUT2D eigenvalue weighted by atomic mass is 16.6. The van der Waals surface area contributed by atoms with Gasteiger partial charge in [-0.3, -0.25) is 19.7 Å². The van der Waals surface area contributed by atoms with Gasteiger partial charge in [-0.2, -0.15) is 0 Å². The van der Waals surface area contributed by atoms with E-state index in [-0.39, 0.29) is 35.0 Å². The Bertz CT molecular complexity index is 870. The molecule has 4 fully saturated rings. The number of carbonyl (C=O) groups excluding carboxylic acids is 2. The Balaban J connectivity index is 1.31. The molecule has 4 aliphatic rings. The number of fused-ring (bicyclic) bond motifs is 4. The zero-order chi connectivity index (χ0) is 20.1. The van der Waals surface area contributed by atoms with Gasteiger partial charge in [0.1, 0.15) is 5.69 Å². The second-order valence-corrected chi connectivity index (χ2v) is 9.53. The van der Waals surface area contributed by atoms with E-state index in [2.05, 4.69) is 10.6 Å². The molecular formula is C22H27N3O4. The molecule has 154 valence electrons. The van der Waals surface area contributed by atoms with Crippen LogP contribution in [0.5, 0.6) is 0 Å². The average molecular weight is 397 g/mol. The number of hydrogen-bond acceptors (Lipinski definition) is 4. The van der Waals surface area contributed by atoms with Crippen LogP contribution in [0.3, 0.4) is 0 Å². The molecule has 29 heavy (non-hydrogen) atoms. The van der Waals surface area contributed by atoms with Gasteiger partial charge in [-0.15, -0.1) is 0 Å². The van der Waals surface area contributed by atoms with Gasteiger partial charge in [-0.25, -0.2) is 0 Å². The van der Waals surface area contributed by atoms with Crippen LogP contribution in [0.15, 0.2) is 18.2 Å². The Morgan fingerprint density at radius 3 is 1.93 bits per heavy atom. The van der Waals surface area contributed by atoms with Crippen LogP contribution in [0.25, 0.3) is 0 Å². The van der Waals surface area contributed by atoms with Gasteiger partial charge in [0, 0.05) is 23.6 Å². The minimum Gasteiger partial charge on any atom is -0.326 e. The van der Waals surface area contributed by atoms with E-state index in [1.165, 1.54) is 25.0 Å². The molecular weight excluding hydrogens is 370 g/mol. The fourth-order valence-corrected chi connectivity index (χ4v) is 6.47. The van der Waals surface area contributed by atoms with Gasteiger partial charge in [-0.1, -0.05) is 12.8 Å². The number of carbonyl (C=O) groups is 2. The molecule has 1 aromatic carbocycles. The van der Waals surface area contributed by atoms with Crippen molar-refractivity contribution < 1.29 is 14.5 Å². The molecule has 0 heterocycles. The van der Waals surface area contributed by atoms with Crippen molar-refractivity contribution in [2.75, 3.05) is 10.6 Å². The van der Waals surface area contributed by atoms with Crippen LogP contribution in [0.4, 0.5) is 17.1 Å². The molecule has 0 spiro atoms. The molecule has 2 N–H and O–H groups in total. The standard InChI is InChI=1S/C22H27N3O4/c26-21(17-9-12-1-3-14(17)7-12)23-16-5-6-20(25(28)29)19(11-16)24-22(27)18-10-13-2-4-15(18)8-13/h5-6,11-15,17-18H,1-4,7-10H2,(H,23,26)(H,24,27). The summed E-state index contributed by atoms with van der Waals surface area (Å²) in [6.45, 7) is 0. The second kappa shape index (κ2) is 7.11. The largest absolute Gasteiger partial charge is 0.326 e. The van der Waals surface area contributed by atoms with Crippen LogP contribution in [0.2, 0.25) is 0 Å². The molecule has 5 rings (SSSR count). The van der Waals surface area contributed by atoms with Crippen molar-refractivity contribution in [2.24, 2.45) is 35.5 Å². The number of amides is 2. The van der Waals surface area contributed by atoms with Crippen LogP contribution >= 0.6 is 0 Å². The smallest absolute Gasteiger partial charge is 0.292 e. The first-order valence-corrected chi connectivity index (χ1v) is 10.9. The summed E-state index contributed by atoms with van der Waals surface area (Å²) in [5.41, 5.74) is 0.541. The van der Waals surface area contributed by atoms with Crippen molar-refractivity contribution in [2.45, 2.75) is 51.4 Å². The molecule has 4 saturated carbocycles. The quantitative estimate of drug-likeness (QED) is 0.570. The first-order valence-electron chi connectivity index (χ1n) is 10.9. The number of anilines is 2. The lowest BCUT2D eigenvalue weighted by Crippen LogP contribution is -2.28. The third-order valence-electron chi connectivity index (χ3n) is 7.87. The van der Waals surface area contributed by atoms with Crippen molar-refractivity contribution in [3.05, 3.63) is 28.3 Å². The molecule has 2 amide bonds. The van der Waals surface area contributed by atoms with Crippen LogP contribution in [0, 0.1) is 45.6 Å². The molecule has 0 saturated heterocycles. The predicted octanol–water partition coefficient (Wildman–Crippen LogP) is 4.34. The van der Waals surface area contributed by atoms with Gasteiger partial charge in [0.25, 0.3) is 5.69 Å². The molecule has 7 nitrogen and oxygen atoms in total. The first kappa shape index (κ1) is 18.6. The zero-order valence-electron chi connectivity index (χ0n) is 16.4. The summed E-state index contributed by atoms with van der Waals surface area (Å²) in [4.78, 5) is 36.5. The Labute approximate surface area is 169 Å². The Morgan fingerprint density at radius 1 is 0.862 bits per heavy atom. The summed E-state index contributed by atoms with van der Waals surface area (Å²) in [5, 5.41) is 17.2. The number of rotatable bonds is 5. The maximum Gasteiger partial charge on any atom is 0.292 e. The van der Waals surface area contributed by atoms with Gasteiger partial charge in [0.2, 0.25) is 11.8 Å². The molecule has 0 radical (unpaired) electrons. The summed E-state index contributed by atoms with van der Waals surface area (Å²) >= 11 is 0. The van der Waals surface area contributed by atoms with Crippen LogP contribution in [-0.4, -0.2) is 16.7 Å². The molecule has 7 heteroatoms. The topological polar surface area (TPSA) is 101 Å². The highest BCUT2D eigenvalue weighted by Crippen LogP contribution is 2.49. The predicted molar refractivity (Wildman–Crippen MR) is 108 cm³/mol. The minimum absolute atomic E-state index is 0.00330. The number of nitrogens with zero attached hydrogens (tertiary/aromatic N) is 1. The van der Waals surface area contributed by atoms with E-state index in [1.807, 2.05) is 0 Å². The summed E-state index contributed by atoms with van der Waals surface area (Å²) in [6, 6.07) is 4.46.